The first kappa shape index (κ1) is 19.5. The third-order valence-corrected chi connectivity index (χ3v) is 5.59. The summed E-state index contributed by atoms with van der Waals surface area (Å²) in [6.45, 7) is 4.18. The van der Waals surface area contributed by atoms with Gasteiger partial charge >= 0.3 is 0 Å². The van der Waals surface area contributed by atoms with Gasteiger partial charge in [-0.15, -0.1) is 10.2 Å². The van der Waals surface area contributed by atoms with Crippen molar-refractivity contribution in [2.45, 2.75) is 5.22 Å². The number of carbonyl (C=O) groups excluding carboxylic acids is 1. The normalized spacial score (nSPS) is 14.7. The standard InChI is InChI=1S/C21H23N5O2S/c1-25-11-13-26(14-12-25)18-9-7-17(8-10-18)22-19(27)15-29-21-24-23-20(28-21)16-5-3-2-4-6-16/h2-10H,11-15H2,1H3,(H,22,27). The molecule has 1 aliphatic rings. The lowest BCUT2D eigenvalue weighted by atomic mass is 10.2. The number of rotatable bonds is 6. The maximum absolute atomic E-state index is 12.2. The van der Waals surface area contributed by atoms with Gasteiger partial charge in [0.15, 0.2) is 0 Å². The lowest BCUT2D eigenvalue weighted by Gasteiger charge is -2.34. The van der Waals surface area contributed by atoms with Crippen LogP contribution in [0.4, 0.5) is 11.4 Å². The van der Waals surface area contributed by atoms with E-state index in [0.29, 0.717) is 11.1 Å². The number of anilines is 2. The average molecular weight is 410 g/mol. The molecule has 150 valence electrons. The highest BCUT2D eigenvalue weighted by molar-refractivity contribution is 7.99. The van der Waals surface area contributed by atoms with E-state index in [2.05, 4.69) is 44.5 Å². The first-order chi connectivity index (χ1) is 14.2. The maximum atomic E-state index is 12.2. The van der Waals surface area contributed by atoms with Crippen LogP contribution in [0.25, 0.3) is 11.5 Å². The molecule has 1 aromatic heterocycles. The van der Waals surface area contributed by atoms with Gasteiger partial charge in [-0.05, 0) is 43.4 Å². The SMILES string of the molecule is CN1CCN(c2ccc(NC(=O)CSc3nnc(-c4ccccc4)o3)cc2)CC1. The van der Waals surface area contributed by atoms with Gasteiger partial charge in [-0.3, -0.25) is 4.79 Å². The first-order valence-electron chi connectivity index (χ1n) is 9.52. The second kappa shape index (κ2) is 9.11. The van der Waals surface area contributed by atoms with Crippen molar-refractivity contribution >= 4 is 29.0 Å². The first-order valence-corrected chi connectivity index (χ1v) is 10.5. The number of amides is 1. The smallest absolute Gasteiger partial charge is 0.277 e. The third kappa shape index (κ3) is 5.16. The highest BCUT2D eigenvalue weighted by atomic mass is 32.2. The molecule has 1 N–H and O–H groups in total. The topological polar surface area (TPSA) is 74.5 Å². The molecule has 0 bridgehead atoms. The van der Waals surface area contributed by atoms with Crippen molar-refractivity contribution in [3.8, 4) is 11.5 Å². The minimum Gasteiger partial charge on any atom is -0.411 e. The van der Waals surface area contributed by atoms with Crippen molar-refractivity contribution in [2.75, 3.05) is 49.2 Å². The maximum Gasteiger partial charge on any atom is 0.277 e. The molecule has 3 aromatic rings. The molecule has 2 aromatic carbocycles. The highest BCUT2D eigenvalue weighted by Gasteiger charge is 2.15. The van der Waals surface area contributed by atoms with Crippen LogP contribution >= 0.6 is 11.8 Å². The number of likely N-dealkylation sites (N-methyl/N-ethyl adjacent to an activating group) is 1. The minimum absolute atomic E-state index is 0.109. The predicted octanol–water partition coefficient (Wildman–Crippen LogP) is 3.22. The molecule has 0 atom stereocenters. The molecule has 1 aliphatic heterocycles. The van der Waals surface area contributed by atoms with Crippen LogP contribution in [-0.2, 0) is 4.79 Å². The number of piperazine rings is 1. The molecule has 0 radical (unpaired) electrons. The van der Waals surface area contributed by atoms with Crippen LogP contribution in [-0.4, -0.2) is 60.0 Å². The average Bonchev–Trinajstić information content (AvgIpc) is 3.23. The Hall–Kier alpha value is -2.84. The lowest BCUT2D eigenvalue weighted by Crippen LogP contribution is -2.44. The molecule has 0 saturated carbocycles. The van der Waals surface area contributed by atoms with Crippen LogP contribution in [0.15, 0.2) is 64.2 Å². The van der Waals surface area contributed by atoms with Crippen LogP contribution < -0.4 is 10.2 Å². The summed E-state index contributed by atoms with van der Waals surface area (Å²) in [5, 5.41) is 11.3. The number of thioether (sulfide) groups is 1. The van der Waals surface area contributed by atoms with Crippen LogP contribution in [0, 0.1) is 0 Å². The molecular weight excluding hydrogens is 386 g/mol. The Balaban J connectivity index is 1.27. The quantitative estimate of drug-likeness (QED) is 0.627. The number of hydrogen-bond donors (Lipinski definition) is 1. The summed E-state index contributed by atoms with van der Waals surface area (Å²) in [5.41, 5.74) is 2.82. The van der Waals surface area contributed by atoms with Gasteiger partial charge in [-0.1, -0.05) is 30.0 Å². The molecule has 1 fully saturated rings. The number of nitrogens with zero attached hydrogens (tertiary/aromatic N) is 4. The predicted molar refractivity (Wildman–Crippen MR) is 115 cm³/mol. The van der Waals surface area contributed by atoms with E-state index in [1.54, 1.807) is 0 Å². The van der Waals surface area contributed by atoms with Gasteiger partial charge in [0, 0.05) is 43.1 Å². The fourth-order valence-corrected chi connectivity index (χ4v) is 3.67. The van der Waals surface area contributed by atoms with Crippen LogP contribution in [0.1, 0.15) is 0 Å². The van der Waals surface area contributed by atoms with E-state index >= 15 is 0 Å². The molecule has 4 rings (SSSR count). The molecule has 1 amide bonds. The molecule has 29 heavy (non-hydrogen) atoms. The molecule has 1 saturated heterocycles. The monoisotopic (exact) mass is 409 g/mol. The molecule has 0 aliphatic carbocycles. The van der Waals surface area contributed by atoms with Crippen molar-refractivity contribution < 1.29 is 9.21 Å². The molecule has 0 unspecified atom stereocenters. The van der Waals surface area contributed by atoms with Gasteiger partial charge in [0.2, 0.25) is 11.8 Å². The van der Waals surface area contributed by atoms with Gasteiger partial charge in [0.1, 0.15) is 0 Å². The molecule has 7 nitrogen and oxygen atoms in total. The summed E-state index contributed by atoms with van der Waals surface area (Å²) in [4.78, 5) is 16.9. The van der Waals surface area contributed by atoms with E-state index in [0.717, 1.165) is 37.4 Å². The second-order valence-corrected chi connectivity index (χ2v) is 7.84. The number of hydrogen-bond acceptors (Lipinski definition) is 7. The second-order valence-electron chi connectivity index (χ2n) is 6.91. The molecule has 8 heteroatoms. The van der Waals surface area contributed by atoms with E-state index < -0.39 is 0 Å². The van der Waals surface area contributed by atoms with Gasteiger partial charge in [0.25, 0.3) is 5.22 Å². The number of benzene rings is 2. The summed E-state index contributed by atoms with van der Waals surface area (Å²) in [7, 11) is 2.14. The third-order valence-electron chi connectivity index (χ3n) is 4.77. The van der Waals surface area contributed by atoms with Crippen LogP contribution in [0.5, 0.6) is 0 Å². The van der Waals surface area contributed by atoms with Crippen molar-refractivity contribution in [1.82, 2.24) is 15.1 Å². The summed E-state index contributed by atoms with van der Waals surface area (Å²) in [6, 6.07) is 17.5. The van der Waals surface area contributed by atoms with E-state index in [4.69, 9.17) is 4.42 Å². The fourth-order valence-electron chi connectivity index (χ4n) is 3.11. The number of aromatic nitrogens is 2. The summed E-state index contributed by atoms with van der Waals surface area (Å²) in [5.74, 6) is 0.547. The lowest BCUT2D eigenvalue weighted by molar-refractivity contribution is -0.113. The van der Waals surface area contributed by atoms with Gasteiger partial charge < -0.3 is 19.5 Å². The Morgan fingerprint density at radius 1 is 1.03 bits per heavy atom. The Morgan fingerprint density at radius 3 is 2.48 bits per heavy atom. The zero-order valence-electron chi connectivity index (χ0n) is 16.2. The van der Waals surface area contributed by atoms with Crippen LogP contribution in [0.2, 0.25) is 0 Å². The Labute approximate surface area is 174 Å². The Morgan fingerprint density at radius 2 is 1.76 bits per heavy atom. The Kier molecular flexibility index (Phi) is 6.12. The van der Waals surface area contributed by atoms with Crippen molar-refractivity contribution in [2.24, 2.45) is 0 Å². The van der Waals surface area contributed by atoms with Crippen molar-refractivity contribution in [3.63, 3.8) is 0 Å². The summed E-state index contributed by atoms with van der Waals surface area (Å²) >= 11 is 1.22. The largest absolute Gasteiger partial charge is 0.411 e. The van der Waals surface area contributed by atoms with E-state index in [1.807, 2.05) is 42.5 Å². The van der Waals surface area contributed by atoms with E-state index in [1.165, 1.54) is 17.4 Å². The summed E-state index contributed by atoms with van der Waals surface area (Å²) < 4.78 is 5.61. The molecule has 0 spiro atoms. The number of carbonyl (C=O) groups is 1. The highest BCUT2D eigenvalue weighted by Crippen LogP contribution is 2.23. The minimum atomic E-state index is -0.109. The molecule has 2 heterocycles. The fraction of sp³-hybridized carbons (Fsp3) is 0.286. The molecular formula is C21H23N5O2S. The van der Waals surface area contributed by atoms with Crippen molar-refractivity contribution in [1.29, 1.82) is 0 Å². The Bertz CT molecular complexity index is 937. The van der Waals surface area contributed by atoms with Gasteiger partial charge in [-0.25, -0.2) is 0 Å². The summed E-state index contributed by atoms with van der Waals surface area (Å²) in [6.07, 6.45) is 0. The zero-order valence-corrected chi connectivity index (χ0v) is 17.1. The van der Waals surface area contributed by atoms with Gasteiger partial charge in [-0.2, -0.15) is 0 Å². The van der Waals surface area contributed by atoms with E-state index in [-0.39, 0.29) is 11.7 Å². The zero-order chi connectivity index (χ0) is 20.1. The van der Waals surface area contributed by atoms with Crippen molar-refractivity contribution in [3.05, 3.63) is 54.6 Å². The van der Waals surface area contributed by atoms with Gasteiger partial charge in [0.05, 0.1) is 5.75 Å². The van der Waals surface area contributed by atoms with E-state index in [9.17, 15) is 4.79 Å². The van der Waals surface area contributed by atoms with Crippen LogP contribution in [0.3, 0.4) is 0 Å². The number of nitrogens with one attached hydrogen (secondary N) is 1.